The Morgan fingerprint density at radius 1 is 0.960 bits per heavy atom. The van der Waals surface area contributed by atoms with Crippen molar-refractivity contribution >= 4 is 26.6 Å². The average Bonchev–Trinajstić information content (AvgIpc) is 2.49. The number of primary sulfonamides is 1. The van der Waals surface area contributed by atoms with Gasteiger partial charge < -0.3 is 4.74 Å². The predicted octanol–water partition coefficient (Wildman–Crippen LogP) is 2.20. The zero-order valence-electron chi connectivity index (χ0n) is 13.4. The maximum atomic E-state index is 10.7. The fourth-order valence-corrected chi connectivity index (χ4v) is 2.19. The van der Waals surface area contributed by atoms with E-state index in [1.165, 1.54) is 12.1 Å². The highest BCUT2D eigenvalue weighted by Crippen LogP contribution is 2.11. The molecule has 8 nitrogen and oxygen atoms in total. The molecule has 0 aliphatic carbocycles. The number of aryl methyl sites for hydroxylation is 2. The van der Waals surface area contributed by atoms with Gasteiger partial charge in [0.25, 0.3) is 0 Å². The van der Waals surface area contributed by atoms with Gasteiger partial charge in [-0.15, -0.1) is 0 Å². The van der Waals surface area contributed by atoms with E-state index in [9.17, 15) is 21.6 Å². The largest absolute Gasteiger partial charge is 0.454 e. The van der Waals surface area contributed by atoms with Crippen molar-refractivity contribution in [2.75, 3.05) is 0 Å². The minimum absolute atomic E-state index is 0.156. The van der Waals surface area contributed by atoms with Gasteiger partial charge in [-0.1, -0.05) is 39.8 Å². The Balaban J connectivity index is 0.000000257. The fourth-order valence-electron chi connectivity index (χ4n) is 1.51. The highest BCUT2D eigenvalue weighted by atomic mass is 32.2. The second-order valence-electron chi connectivity index (χ2n) is 4.85. The van der Waals surface area contributed by atoms with E-state index in [4.69, 9.17) is 5.14 Å². The number of carbonyl (C=O) groups excluding carboxylic acids is 1. The number of nitrogens with zero attached hydrogens (tertiary/aromatic N) is 1. The van der Waals surface area contributed by atoms with E-state index in [1.54, 1.807) is 36.4 Å². The van der Waals surface area contributed by atoms with E-state index in [-0.39, 0.29) is 10.6 Å². The SMILES string of the molecule is Cc1ccc(OC(=O)N=S(=O)=O)cc1.Cc1ccc(S(N)(=O)=O)cc1. The fraction of sp³-hybridized carbons (Fsp3) is 0.133. The average molecular weight is 384 g/mol. The van der Waals surface area contributed by atoms with Crippen LogP contribution in [0, 0.1) is 13.8 Å². The predicted molar refractivity (Wildman–Crippen MR) is 91.1 cm³/mol. The molecule has 0 aliphatic rings. The summed E-state index contributed by atoms with van der Waals surface area (Å²) in [6.45, 7) is 3.76. The van der Waals surface area contributed by atoms with Crippen LogP contribution in [0.4, 0.5) is 4.79 Å². The third-order valence-electron chi connectivity index (χ3n) is 2.72. The molecule has 0 bridgehead atoms. The van der Waals surface area contributed by atoms with Crippen molar-refractivity contribution in [3.63, 3.8) is 0 Å². The van der Waals surface area contributed by atoms with Gasteiger partial charge in [0.05, 0.1) is 4.90 Å². The first-order chi connectivity index (χ1) is 11.6. The molecule has 0 atom stereocenters. The third kappa shape index (κ3) is 8.20. The molecule has 0 aliphatic heterocycles. The van der Waals surface area contributed by atoms with E-state index in [2.05, 4.69) is 9.10 Å². The lowest BCUT2D eigenvalue weighted by atomic mass is 10.2. The molecule has 0 spiro atoms. The molecular weight excluding hydrogens is 368 g/mol. The number of nitrogens with two attached hydrogens (primary N) is 1. The second kappa shape index (κ2) is 9.06. The molecule has 0 radical (unpaired) electrons. The van der Waals surface area contributed by atoms with Gasteiger partial charge in [-0.2, -0.15) is 8.42 Å². The van der Waals surface area contributed by atoms with E-state index < -0.39 is 26.6 Å². The molecule has 1 amide bonds. The van der Waals surface area contributed by atoms with Gasteiger partial charge in [0.1, 0.15) is 5.75 Å². The number of amides is 1. The summed E-state index contributed by atoms with van der Waals surface area (Å²) >= 11 is 0. The molecular formula is C15H16N2O6S2. The van der Waals surface area contributed by atoms with E-state index in [0.717, 1.165) is 11.1 Å². The molecule has 10 heteroatoms. The number of benzene rings is 2. The Morgan fingerprint density at radius 2 is 1.40 bits per heavy atom. The third-order valence-corrected chi connectivity index (χ3v) is 3.95. The molecule has 134 valence electrons. The molecule has 2 aromatic carbocycles. The van der Waals surface area contributed by atoms with Crippen LogP contribution < -0.4 is 9.88 Å². The summed E-state index contributed by atoms with van der Waals surface area (Å²) in [6.07, 6.45) is -1.15. The molecule has 0 unspecified atom stereocenters. The number of carbonyl (C=O) groups is 1. The summed E-state index contributed by atoms with van der Waals surface area (Å²) in [5.41, 5.74) is 2.02. The first-order valence-electron chi connectivity index (χ1n) is 6.77. The summed E-state index contributed by atoms with van der Waals surface area (Å²) < 4.78 is 48.6. The molecule has 0 saturated heterocycles. The second-order valence-corrected chi connectivity index (χ2v) is 7.03. The van der Waals surface area contributed by atoms with Gasteiger partial charge in [-0.25, -0.2) is 18.4 Å². The van der Waals surface area contributed by atoms with Crippen molar-refractivity contribution < 1.29 is 26.4 Å². The van der Waals surface area contributed by atoms with Crippen molar-refractivity contribution in [2.45, 2.75) is 18.7 Å². The number of rotatable bonds is 2. The minimum Gasteiger partial charge on any atom is -0.408 e. The van der Waals surface area contributed by atoms with Crippen LogP contribution in [-0.2, 0) is 20.5 Å². The summed E-state index contributed by atoms with van der Waals surface area (Å²) in [4.78, 5) is 10.9. The first kappa shape index (κ1) is 20.5. The van der Waals surface area contributed by atoms with Crippen molar-refractivity contribution in [3.05, 3.63) is 59.7 Å². The van der Waals surface area contributed by atoms with Crippen LogP contribution in [0.2, 0.25) is 0 Å². The Kier molecular flexibility index (Phi) is 7.43. The van der Waals surface area contributed by atoms with Crippen LogP contribution in [0.1, 0.15) is 11.1 Å². The minimum atomic E-state index is -3.52. The van der Waals surface area contributed by atoms with Crippen LogP contribution in [0.15, 0.2) is 57.8 Å². The zero-order valence-corrected chi connectivity index (χ0v) is 15.0. The van der Waals surface area contributed by atoms with E-state index >= 15 is 0 Å². The maximum absolute atomic E-state index is 10.7. The van der Waals surface area contributed by atoms with Crippen LogP contribution in [0.5, 0.6) is 5.75 Å². The van der Waals surface area contributed by atoms with Crippen LogP contribution >= 0.6 is 0 Å². The highest BCUT2D eigenvalue weighted by Gasteiger charge is 2.05. The topological polar surface area (TPSA) is 133 Å². The zero-order chi connectivity index (χ0) is 19.0. The monoisotopic (exact) mass is 384 g/mol. The van der Waals surface area contributed by atoms with E-state index in [0.29, 0.717) is 0 Å². The maximum Gasteiger partial charge on any atom is 0.454 e. The molecule has 2 aromatic rings. The molecule has 2 rings (SSSR count). The van der Waals surface area contributed by atoms with Crippen molar-refractivity contribution in [2.24, 2.45) is 9.50 Å². The van der Waals surface area contributed by atoms with Crippen molar-refractivity contribution in [1.29, 1.82) is 0 Å². The quantitative estimate of drug-likeness (QED) is 0.844. The molecule has 0 saturated carbocycles. The number of hydrogen-bond donors (Lipinski definition) is 1. The smallest absolute Gasteiger partial charge is 0.408 e. The summed E-state index contributed by atoms with van der Waals surface area (Å²) in [5, 5.41) is 4.88. The normalized spacial score (nSPS) is 10.2. The van der Waals surface area contributed by atoms with Gasteiger partial charge >= 0.3 is 16.6 Å². The lowest BCUT2D eigenvalue weighted by Gasteiger charge is -1.98. The first-order valence-corrected chi connectivity index (χ1v) is 9.35. The Morgan fingerprint density at radius 3 is 1.80 bits per heavy atom. The van der Waals surface area contributed by atoms with Gasteiger partial charge in [-0.05, 0) is 38.1 Å². The Bertz CT molecular complexity index is 956. The lowest BCUT2D eigenvalue weighted by Crippen LogP contribution is -2.11. The number of hydrogen-bond acceptors (Lipinski definition) is 6. The number of ether oxygens (including phenoxy) is 1. The van der Waals surface area contributed by atoms with Crippen LogP contribution in [0.25, 0.3) is 0 Å². The van der Waals surface area contributed by atoms with E-state index in [1.807, 2.05) is 13.8 Å². The highest BCUT2D eigenvalue weighted by molar-refractivity contribution is 7.89. The molecule has 0 fully saturated rings. The summed E-state index contributed by atoms with van der Waals surface area (Å²) in [7, 11) is -6.29. The summed E-state index contributed by atoms with van der Waals surface area (Å²) in [5.74, 6) is 0.259. The summed E-state index contributed by atoms with van der Waals surface area (Å²) in [6, 6.07) is 13.0. The van der Waals surface area contributed by atoms with Gasteiger partial charge in [0, 0.05) is 0 Å². The molecule has 0 heterocycles. The van der Waals surface area contributed by atoms with Crippen LogP contribution in [0.3, 0.4) is 0 Å². The Labute approximate surface area is 147 Å². The van der Waals surface area contributed by atoms with Gasteiger partial charge in [0.2, 0.25) is 10.0 Å². The van der Waals surface area contributed by atoms with Crippen LogP contribution in [-0.4, -0.2) is 22.9 Å². The van der Waals surface area contributed by atoms with Gasteiger partial charge in [0.15, 0.2) is 0 Å². The Hall–Kier alpha value is -2.56. The van der Waals surface area contributed by atoms with Crippen molar-refractivity contribution in [1.82, 2.24) is 0 Å². The molecule has 0 aromatic heterocycles. The lowest BCUT2D eigenvalue weighted by molar-refractivity contribution is 0.212. The molecule has 2 N–H and O–H groups in total. The van der Waals surface area contributed by atoms with Crippen molar-refractivity contribution in [3.8, 4) is 5.75 Å². The standard InChI is InChI=1S/C8H7NO4S.C7H9NO2S/c1-6-2-4-7(5-3-6)13-8(10)9-14(11)12;1-6-2-4-7(5-3-6)11(8,9)10/h2-5H,1H3;2-5H,1H3,(H2,8,9,10). The van der Waals surface area contributed by atoms with Gasteiger partial charge in [-0.3, -0.25) is 0 Å². The molecule has 25 heavy (non-hydrogen) atoms. The number of sulfonamides is 1.